The van der Waals surface area contributed by atoms with Gasteiger partial charge in [0.25, 0.3) is 5.91 Å². The maximum Gasteiger partial charge on any atom is 0.271 e. The van der Waals surface area contributed by atoms with Gasteiger partial charge in [-0.1, -0.05) is 12.1 Å². The molecule has 1 aliphatic heterocycles. The van der Waals surface area contributed by atoms with Crippen LogP contribution < -0.4 is 4.74 Å². The highest BCUT2D eigenvalue weighted by Gasteiger charge is 2.45. The molecule has 0 bridgehead atoms. The number of nitrogens with zero attached hydrogens (tertiary/aromatic N) is 3. The molecule has 6 nitrogen and oxygen atoms in total. The zero-order chi connectivity index (χ0) is 19.8. The van der Waals surface area contributed by atoms with Gasteiger partial charge in [-0.05, 0) is 49.1 Å². The Hall–Kier alpha value is -3.22. The van der Waals surface area contributed by atoms with E-state index in [2.05, 4.69) is 15.2 Å². The van der Waals surface area contributed by atoms with Gasteiger partial charge < -0.3 is 9.64 Å². The summed E-state index contributed by atoms with van der Waals surface area (Å²) in [6.45, 7) is 1.37. The first-order valence-electron chi connectivity index (χ1n) is 9.85. The Balaban J connectivity index is 1.28. The number of ether oxygens (including phenoxy) is 1. The van der Waals surface area contributed by atoms with Crippen molar-refractivity contribution in [2.75, 3.05) is 13.1 Å². The van der Waals surface area contributed by atoms with Crippen molar-refractivity contribution in [2.45, 2.75) is 18.9 Å². The number of pyridine rings is 1. The summed E-state index contributed by atoms with van der Waals surface area (Å²) in [6, 6.07) is 11.8. The summed E-state index contributed by atoms with van der Waals surface area (Å²) in [4.78, 5) is 18.9. The highest BCUT2D eigenvalue weighted by atomic mass is 19.1. The number of aromatic amines is 1. The second-order valence-corrected chi connectivity index (χ2v) is 7.70. The van der Waals surface area contributed by atoms with E-state index in [4.69, 9.17) is 4.74 Å². The topological polar surface area (TPSA) is 71.1 Å². The number of carbonyl (C=O) groups is 1. The summed E-state index contributed by atoms with van der Waals surface area (Å²) in [6.07, 6.45) is 5.58. The number of amides is 1. The third kappa shape index (κ3) is 3.37. The molecular weight excluding hydrogens is 371 g/mol. The minimum Gasteiger partial charge on any atom is -0.488 e. The van der Waals surface area contributed by atoms with Crippen molar-refractivity contribution in [1.82, 2.24) is 20.1 Å². The molecular formula is C22H21FN4O2. The molecule has 3 heterocycles. The first-order valence-corrected chi connectivity index (χ1v) is 9.85. The number of H-pyrrole nitrogens is 1. The number of likely N-dealkylation sites (tertiary alicyclic amines) is 1. The maximum absolute atomic E-state index is 14.0. The number of aromatic nitrogens is 3. The number of rotatable bonds is 4. The van der Waals surface area contributed by atoms with Crippen LogP contribution in [0.5, 0.6) is 5.75 Å². The van der Waals surface area contributed by atoms with E-state index in [-0.39, 0.29) is 17.8 Å². The van der Waals surface area contributed by atoms with Crippen molar-refractivity contribution < 1.29 is 13.9 Å². The number of hydrogen-bond acceptors (Lipinski definition) is 4. The molecule has 7 heteroatoms. The fourth-order valence-electron chi connectivity index (χ4n) is 4.53. The molecule has 0 unspecified atom stereocenters. The van der Waals surface area contributed by atoms with E-state index < -0.39 is 0 Å². The van der Waals surface area contributed by atoms with Crippen LogP contribution in [-0.4, -0.2) is 45.2 Å². The van der Waals surface area contributed by atoms with Gasteiger partial charge in [0.2, 0.25) is 0 Å². The van der Waals surface area contributed by atoms with Crippen LogP contribution in [0.2, 0.25) is 0 Å². The van der Waals surface area contributed by atoms with Crippen molar-refractivity contribution in [3.05, 3.63) is 66.4 Å². The number of fused-ring (bicyclic) bond motifs is 1. The predicted molar refractivity (Wildman–Crippen MR) is 105 cm³/mol. The van der Waals surface area contributed by atoms with Crippen LogP contribution in [0.3, 0.4) is 0 Å². The van der Waals surface area contributed by atoms with Crippen LogP contribution in [0.15, 0.2) is 54.9 Å². The Morgan fingerprint density at radius 1 is 1.17 bits per heavy atom. The summed E-state index contributed by atoms with van der Waals surface area (Å²) in [5.41, 5.74) is 1.20. The van der Waals surface area contributed by atoms with Gasteiger partial charge in [0.1, 0.15) is 23.4 Å². The van der Waals surface area contributed by atoms with Crippen LogP contribution in [0.4, 0.5) is 4.39 Å². The van der Waals surface area contributed by atoms with E-state index >= 15 is 0 Å². The SMILES string of the molecule is O=C(c1cc(-c2ccccc2F)n[nH]1)N1C[C@H]2CC[C@H](Oc3cccnc3)[C@H]2C1. The fourth-order valence-corrected chi connectivity index (χ4v) is 4.53. The van der Waals surface area contributed by atoms with Crippen LogP contribution in [0, 0.1) is 17.7 Å². The van der Waals surface area contributed by atoms with Gasteiger partial charge in [-0.2, -0.15) is 5.10 Å². The van der Waals surface area contributed by atoms with E-state index in [1.165, 1.54) is 6.07 Å². The largest absolute Gasteiger partial charge is 0.488 e. The van der Waals surface area contributed by atoms with Gasteiger partial charge in [-0.25, -0.2) is 4.39 Å². The number of halogens is 1. The molecule has 1 saturated carbocycles. The minimum atomic E-state index is -0.357. The highest BCUT2D eigenvalue weighted by Crippen LogP contribution is 2.40. The molecule has 1 aliphatic carbocycles. The van der Waals surface area contributed by atoms with Gasteiger partial charge in [0, 0.05) is 30.8 Å². The lowest BCUT2D eigenvalue weighted by atomic mass is 9.99. The second-order valence-electron chi connectivity index (χ2n) is 7.70. The van der Waals surface area contributed by atoms with Gasteiger partial charge in [-0.15, -0.1) is 0 Å². The molecule has 1 N–H and O–H groups in total. The van der Waals surface area contributed by atoms with E-state index in [0.717, 1.165) is 18.6 Å². The Morgan fingerprint density at radius 3 is 2.90 bits per heavy atom. The number of carbonyl (C=O) groups excluding carboxylic acids is 1. The first kappa shape index (κ1) is 17.8. The molecule has 1 aromatic carbocycles. The molecule has 5 rings (SSSR count). The highest BCUT2D eigenvalue weighted by molar-refractivity contribution is 5.93. The molecule has 0 radical (unpaired) electrons. The molecule has 0 spiro atoms. The third-order valence-corrected chi connectivity index (χ3v) is 5.96. The minimum absolute atomic E-state index is 0.0951. The molecule has 148 valence electrons. The summed E-state index contributed by atoms with van der Waals surface area (Å²) in [5.74, 6) is 1.06. The lowest BCUT2D eigenvalue weighted by Crippen LogP contribution is -2.32. The van der Waals surface area contributed by atoms with Crippen LogP contribution in [-0.2, 0) is 0 Å². The molecule has 29 heavy (non-hydrogen) atoms. The fraction of sp³-hybridized carbons (Fsp3) is 0.318. The molecule has 1 amide bonds. The Labute approximate surface area is 167 Å². The quantitative estimate of drug-likeness (QED) is 0.737. The van der Waals surface area contributed by atoms with Gasteiger partial charge in [-0.3, -0.25) is 14.9 Å². The number of nitrogens with one attached hydrogen (secondary N) is 1. The molecule has 2 aliphatic rings. The first-order chi connectivity index (χ1) is 14.2. The Bertz CT molecular complexity index is 1020. The molecule has 3 atom stereocenters. The van der Waals surface area contributed by atoms with Gasteiger partial charge in [0.15, 0.2) is 0 Å². The lowest BCUT2D eigenvalue weighted by molar-refractivity contribution is 0.0756. The van der Waals surface area contributed by atoms with Crippen molar-refractivity contribution in [3.63, 3.8) is 0 Å². The molecule has 3 aromatic rings. The standard InChI is InChI=1S/C22H21FN4O2/c23-18-6-2-1-5-16(18)19-10-20(26-25-19)22(28)27-12-14-7-8-21(17(14)13-27)29-15-4-3-9-24-11-15/h1-6,9-11,14,17,21H,7-8,12-13H2,(H,25,26)/t14-,17+,21+/m1/s1. The molecule has 2 aromatic heterocycles. The zero-order valence-corrected chi connectivity index (χ0v) is 15.8. The monoisotopic (exact) mass is 392 g/mol. The zero-order valence-electron chi connectivity index (χ0n) is 15.8. The average Bonchev–Trinajstić information content (AvgIpc) is 3.46. The summed E-state index contributed by atoms with van der Waals surface area (Å²) in [7, 11) is 0. The number of hydrogen-bond donors (Lipinski definition) is 1. The van der Waals surface area contributed by atoms with Crippen molar-refractivity contribution in [1.29, 1.82) is 0 Å². The Kier molecular flexibility index (Phi) is 4.50. The second kappa shape index (κ2) is 7.31. The normalized spacial score (nSPS) is 23.2. The molecule has 1 saturated heterocycles. The van der Waals surface area contributed by atoms with Gasteiger partial charge in [0.05, 0.1) is 11.9 Å². The summed E-state index contributed by atoms with van der Waals surface area (Å²) < 4.78 is 20.1. The van der Waals surface area contributed by atoms with Crippen LogP contribution in [0.25, 0.3) is 11.3 Å². The predicted octanol–water partition coefficient (Wildman–Crippen LogP) is 3.54. The van der Waals surface area contributed by atoms with Crippen molar-refractivity contribution in [3.8, 4) is 17.0 Å². The van der Waals surface area contributed by atoms with E-state index in [9.17, 15) is 9.18 Å². The van der Waals surface area contributed by atoms with Crippen molar-refractivity contribution >= 4 is 5.91 Å². The smallest absolute Gasteiger partial charge is 0.271 e. The molecule has 2 fully saturated rings. The average molecular weight is 392 g/mol. The van der Waals surface area contributed by atoms with Crippen molar-refractivity contribution in [2.24, 2.45) is 11.8 Å². The van der Waals surface area contributed by atoms with E-state index in [1.807, 2.05) is 17.0 Å². The Morgan fingerprint density at radius 2 is 2.07 bits per heavy atom. The van der Waals surface area contributed by atoms with Gasteiger partial charge >= 0.3 is 0 Å². The maximum atomic E-state index is 14.0. The van der Waals surface area contributed by atoms with Crippen LogP contribution >= 0.6 is 0 Å². The summed E-state index contributed by atoms with van der Waals surface area (Å²) >= 11 is 0. The summed E-state index contributed by atoms with van der Waals surface area (Å²) in [5, 5.41) is 6.92. The number of benzene rings is 1. The lowest BCUT2D eigenvalue weighted by Gasteiger charge is -2.21. The van der Waals surface area contributed by atoms with E-state index in [0.29, 0.717) is 41.9 Å². The van der Waals surface area contributed by atoms with Crippen LogP contribution in [0.1, 0.15) is 23.3 Å². The van der Waals surface area contributed by atoms with E-state index in [1.54, 1.807) is 36.7 Å². The third-order valence-electron chi connectivity index (χ3n) is 5.96.